The van der Waals surface area contributed by atoms with E-state index in [1.165, 1.54) is 12.1 Å². The molecular weight excluding hydrogens is 312 g/mol. The minimum Gasteiger partial charge on any atom is -0.477 e. The third-order valence-corrected chi connectivity index (χ3v) is 4.75. The van der Waals surface area contributed by atoms with Gasteiger partial charge < -0.3 is 5.11 Å². The summed E-state index contributed by atoms with van der Waals surface area (Å²) in [6.45, 7) is 0. The molecule has 0 saturated carbocycles. The van der Waals surface area contributed by atoms with Gasteiger partial charge >= 0.3 is 5.97 Å². The van der Waals surface area contributed by atoms with Gasteiger partial charge in [-0.1, -0.05) is 0 Å². The summed E-state index contributed by atoms with van der Waals surface area (Å²) >= 11 is 0.685. The van der Waals surface area contributed by atoms with Gasteiger partial charge in [0.15, 0.2) is 0 Å². The second-order valence-electron chi connectivity index (χ2n) is 3.65. The maximum absolute atomic E-state index is 13.4. The van der Waals surface area contributed by atoms with E-state index in [2.05, 4.69) is 0 Å². The number of sulfonamides is 1. The first kappa shape index (κ1) is 14.4. The maximum Gasteiger partial charge on any atom is 0.345 e. The number of anilines is 1. The molecule has 0 spiro atoms. The number of carbonyl (C=O) groups is 1. The van der Waals surface area contributed by atoms with Crippen molar-refractivity contribution >= 4 is 32.3 Å². The van der Waals surface area contributed by atoms with Crippen LogP contribution in [0.1, 0.15) is 9.67 Å². The second-order valence-corrected chi connectivity index (χ2v) is 6.38. The third kappa shape index (κ3) is 2.94. The summed E-state index contributed by atoms with van der Waals surface area (Å²) in [7, 11) is -4.25. The molecule has 20 heavy (non-hydrogen) atoms. The van der Waals surface area contributed by atoms with Crippen molar-refractivity contribution < 1.29 is 27.1 Å². The molecule has 2 aromatic rings. The van der Waals surface area contributed by atoms with Gasteiger partial charge in [-0.2, -0.15) is 0 Å². The van der Waals surface area contributed by atoms with Crippen molar-refractivity contribution in [2.75, 3.05) is 4.72 Å². The molecule has 0 bridgehead atoms. The zero-order chi connectivity index (χ0) is 14.9. The van der Waals surface area contributed by atoms with Crippen molar-refractivity contribution in [2.45, 2.75) is 4.90 Å². The highest BCUT2D eigenvalue weighted by atomic mass is 32.2. The molecule has 5 nitrogen and oxygen atoms in total. The van der Waals surface area contributed by atoms with Gasteiger partial charge in [-0.15, -0.1) is 11.3 Å². The highest BCUT2D eigenvalue weighted by Gasteiger charge is 2.21. The number of hydrogen-bond donors (Lipinski definition) is 2. The molecule has 1 heterocycles. The quantitative estimate of drug-likeness (QED) is 0.907. The maximum atomic E-state index is 13.4. The van der Waals surface area contributed by atoms with Gasteiger partial charge in [-0.25, -0.2) is 22.0 Å². The largest absolute Gasteiger partial charge is 0.477 e. The fourth-order valence-corrected chi connectivity index (χ4v) is 3.49. The molecule has 2 N–H and O–H groups in total. The Bertz CT molecular complexity index is 770. The number of rotatable bonds is 4. The Morgan fingerprint density at radius 1 is 1.20 bits per heavy atom. The number of hydrogen-bond acceptors (Lipinski definition) is 4. The lowest BCUT2D eigenvalue weighted by atomic mass is 10.3. The summed E-state index contributed by atoms with van der Waals surface area (Å²) in [6, 6.07) is 4.51. The third-order valence-electron chi connectivity index (χ3n) is 2.24. The minimum absolute atomic E-state index is 0.0196. The zero-order valence-corrected chi connectivity index (χ0v) is 11.3. The predicted molar refractivity (Wildman–Crippen MR) is 68.4 cm³/mol. The van der Waals surface area contributed by atoms with Crippen LogP contribution in [0.2, 0.25) is 0 Å². The molecule has 0 amide bonds. The van der Waals surface area contributed by atoms with Crippen molar-refractivity contribution in [1.29, 1.82) is 0 Å². The number of carboxylic acid groups (broad SMARTS) is 1. The first-order valence-corrected chi connectivity index (χ1v) is 7.40. The van der Waals surface area contributed by atoms with Crippen molar-refractivity contribution in [3.05, 3.63) is 46.8 Å². The van der Waals surface area contributed by atoms with Gasteiger partial charge in [0.05, 0.1) is 0 Å². The van der Waals surface area contributed by atoms with E-state index in [1.807, 2.05) is 4.72 Å². The average molecular weight is 319 g/mol. The lowest BCUT2D eigenvalue weighted by Crippen LogP contribution is -2.13. The summed E-state index contributed by atoms with van der Waals surface area (Å²) in [6.07, 6.45) is 0. The Morgan fingerprint density at radius 3 is 2.45 bits per heavy atom. The molecule has 0 aliphatic rings. The SMILES string of the molecule is O=C(O)c1ccc(NS(=O)(=O)c2ccc(F)cc2F)s1. The zero-order valence-electron chi connectivity index (χ0n) is 9.63. The molecule has 0 aliphatic carbocycles. The summed E-state index contributed by atoms with van der Waals surface area (Å²) < 4.78 is 52.0. The second kappa shape index (κ2) is 5.17. The van der Waals surface area contributed by atoms with Crippen molar-refractivity contribution in [2.24, 2.45) is 0 Å². The predicted octanol–water partition coefficient (Wildman–Crippen LogP) is 2.53. The Kier molecular flexibility index (Phi) is 3.73. The molecule has 1 aromatic heterocycles. The van der Waals surface area contributed by atoms with Gasteiger partial charge in [0.2, 0.25) is 0 Å². The van der Waals surface area contributed by atoms with E-state index in [1.54, 1.807) is 0 Å². The van der Waals surface area contributed by atoms with Gasteiger partial charge in [0.25, 0.3) is 10.0 Å². The van der Waals surface area contributed by atoms with Crippen LogP contribution in [-0.2, 0) is 10.0 Å². The first-order valence-electron chi connectivity index (χ1n) is 5.10. The number of benzene rings is 1. The van der Waals surface area contributed by atoms with Crippen LogP contribution in [0.4, 0.5) is 13.8 Å². The lowest BCUT2D eigenvalue weighted by Gasteiger charge is -2.06. The fourth-order valence-electron chi connectivity index (χ4n) is 1.39. The van der Waals surface area contributed by atoms with E-state index in [0.29, 0.717) is 17.4 Å². The summed E-state index contributed by atoms with van der Waals surface area (Å²) in [5.74, 6) is -3.33. The molecule has 0 radical (unpaired) electrons. The van der Waals surface area contributed by atoms with Crippen molar-refractivity contribution in [3.8, 4) is 0 Å². The topological polar surface area (TPSA) is 83.5 Å². The van der Waals surface area contributed by atoms with Gasteiger partial charge in [-0.05, 0) is 24.3 Å². The lowest BCUT2D eigenvalue weighted by molar-refractivity contribution is 0.0702. The summed E-state index contributed by atoms with van der Waals surface area (Å²) in [4.78, 5) is 9.89. The van der Waals surface area contributed by atoms with Crippen LogP contribution in [0.5, 0.6) is 0 Å². The molecule has 2 rings (SSSR count). The molecule has 0 saturated heterocycles. The molecule has 0 unspecified atom stereocenters. The number of aromatic carboxylic acids is 1. The summed E-state index contributed by atoms with van der Waals surface area (Å²) in [5, 5.41) is 8.74. The smallest absolute Gasteiger partial charge is 0.345 e. The van der Waals surface area contributed by atoms with E-state index >= 15 is 0 Å². The fraction of sp³-hybridized carbons (Fsp3) is 0. The highest BCUT2D eigenvalue weighted by molar-refractivity contribution is 7.93. The molecule has 1 aromatic carbocycles. The van der Waals surface area contributed by atoms with E-state index in [-0.39, 0.29) is 9.88 Å². The Morgan fingerprint density at radius 2 is 1.90 bits per heavy atom. The molecular formula is C11H7F2NO4S2. The Balaban J connectivity index is 2.33. The minimum atomic E-state index is -4.25. The monoisotopic (exact) mass is 319 g/mol. The molecule has 0 aliphatic heterocycles. The highest BCUT2D eigenvalue weighted by Crippen LogP contribution is 2.25. The van der Waals surface area contributed by atoms with E-state index < -0.39 is 32.5 Å². The van der Waals surface area contributed by atoms with Gasteiger partial charge in [-0.3, -0.25) is 4.72 Å². The Labute approximate surface area is 116 Å². The molecule has 106 valence electrons. The van der Waals surface area contributed by atoms with Crippen molar-refractivity contribution in [1.82, 2.24) is 0 Å². The number of nitrogens with one attached hydrogen (secondary N) is 1. The van der Waals surface area contributed by atoms with Crippen LogP contribution in [-0.4, -0.2) is 19.5 Å². The molecule has 0 atom stereocenters. The Hall–Kier alpha value is -2.00. The number of thiophene rings is 1. The van der Waals surface area contributed by atoms with E-state index in [9.17, 15) is 22.0 Å². The molecule has 0 fully saturated rings. The van der Waals surface area contributed by atoms with E-state index in [4.69, 9.17) is 5.11 Å². The number of halogens is 2. The first-order chi connectivity index (χ1) is 9.29. The van der Waals surface area contributed by atoms with Crippen LogP contribution >= 0.6 is 11.3 Å². The average Bonchev–Trinajstić information content (AvgIpc) is 2.76. The van der Waals surface area contributed by atoms with Crippen LogP contribution < -0.4 is 4.72 Å². The van der Waals surface area contributed by atoms with Crippen molar-refractivity contribution in [3.63, 3.8) is 0 Å². The van der Waals surface area contributed by atoms with Gasteiger partial charge in [0, 0.05) is 6.07 Å². The van der Waals surface area contributed by atoms with E-state index in [0.717, 1.165) is 12.1 Å². The van der Waals surface area contributed by atoms with Crippen LogP contribution in [0, 0.1) is 11.6 Å². The van der Waals surface area contributed by atoms with Crippen LogP contribution in [0.15, 0.2) is 35.2 Å². The van der Waals surface area contributed by atoms with Gasteiger partial charge in [0.1, 0.15) is 26.4 Å². The standard InChI is InChI=1S/C11H7F2NO4S2/c12-6-1-3-9(7(13)5-6)20(17,18)14-10-4-2-8(19-10)11(15)16/h1-5,14H,(H,15,16). The molecule has 9 heteroatoms. The number of carboxylic acids is 1. The normalized spacial score (nSPS) is 11.3. The summed E-state index contributed by atoms with van der Waals surface area (Å²) in [5.41, 5.74) is 0. The van der Waals surface area contributed by atoms with Crippen LogP contribution in [0.3, 0.4) is 0 Å². The van der Waals surface area contributed by atoms with Crippen LogP contribution in [0.25, 0.3) is 0 Å².